The molecule has 0 bridgehead atoms. The summed E-state index contributed by atoms with van der Waals surface area (Å²) in [6, 6.07) is 9.21. The van der Waals surface area contributed by atoms with E-state index >= 15 is 0 Å². The molecule has 0 aliphatic carbocycles. The fourth-order valence-electron chi connectivity index (χ4n) is 3.59. The number of amides is 1. The van der Waals surface area contributed by atoms with Crippen molar-refractivity contribution in [3.63, 3.8) is 0 Å². The van der Waals surface area contributed by atoms with Crippen LogP contribution in [-0.4, -0.2) is 41.1 Å². The van der Waals surface area contributed by atoms with Gasteiger partial charge < -0.3 is 14.4 Å². The minimum Gasteiger partial charge on any atom is -0.493 e. The molecular weight excluding hydrogens is 438 g/mol. The molecule has 1 amide bonds. The number of nitrogens with zero attached hydrogens (tertiary/aromatic N) is 3. The van der Waals surface area contributed by atoms with E-state index in [1.54, 1.807) is 31.3 Å². The second-order valence-electron chi connectivity index (χ2n) is 6.88. The average molecular weight is 458 g/mol. The average Bonchev–Trinajstić information content (AvgIpc) is 2.74. The van der Waals surface area contributed by atoms with Crippen LogP contribution >= 0.6 is 15.9 Å². The summed E-state index contributed by atoms with van der Waals surface area (Å²) in [6.45, 7) is 1.01. The van der Waals surface area contributed by atoms with Gasteiger partial charge in [0.05, 0.1) is 31.4 Å². The van der Waals surface area contributed by atoms with E-state index in [0.29, 0.717) is 35.5 Å². The van der Waals surface area contributed by atoms with E-state index in [1.165, 1.54) is 10.9 Å². The molecule has 4 rings (SSSR count). The molecule has 0 radical (unpaired) electrons. The van der Waals surface area contributed by atoms with Crippen LogP contribution < -0.4 is 15.0 Å². The lowest BCUT2D eigenvalue weighted by Crippen LogP contribution is -2.39. The Labute approximate surface area is 176 Å². The van der Waals surface area contributed by atoms with Gasteiger partial charge in [-0.05, 0) is 47.9 Å². The Hall–Kier alpha value is -2.87. The Morgan fingerprint density at radius 3 is 2.59 bits per heavy atom. The first kappa shape index (κ1) is 19.4. The summed E-state index contributed by atoms with van der Waals surface area (Å²) in [5, 5.41) is 0.482. The minimum absolute atomic E-state index is 0.0447. The molecule has 0 N–H and O–H groups in total. The van der Waals surface area contributed by atoms with E-state index in [2.05, 4.69) is 20.9 Å². The number of halogens is 1. The van der Waals surface area contributed by atoms with Crippen molar-refractivity contribution in [1.82, 2.24) is 14.5 Å². The van der Waals surface area contributed by atoms with Crippen LogP contribution in [0.2, 0.25) is 0 Å². The number of rotatable bonds is 4. The molecule has 29 heavy (non-hydrogen) atoms. The van der Waals surface area contributed by atoms with Crippen LogP contribution in [-0.2, 0) is 24.3 Å². The predicted molar refractivity (Wildman–Crippen MR) is 112 cm³/mol. The molecule has 1 aliphatic heterocycles. The Balaban J connectivity index is 1.57. The van der Waals surface area contributed by atoms with Gasteiger partial charge in [0.25, 0.3) is 5.56 Å². The minimum atomic E-state index is -0.228. The van der Waals surface area contributed by atoms with Gasteiger partial charge in [-0.3, -0.25) is 14.2 Å². The van der Waals surface area contributed by atoms with Crippen molar-refractivity contribution in [2.45, 2.75) is 19.5 Å². The number of hydrogen-bond donors (Lipinski definition) is 0. The van der Waals surface area contributed by atoms with E-state index in [1.807, 2.05) is 18.2 Å². The summed E-state index contributed by atoms with van der Waals surface area (Å²) in [5.74, 6) is 1.20. The standard InChI is InChI=1S/C21H20BrN3O4/c1-28-18-7-13-5-6-24(10-14(13)8-19(18)29-2)20(26)11-25-12-23-17-4-3-15(22)9-16(17)21(25)27/h3-4,7-9,12H,5-6,10-11H2,1-2H3. The number of fused-ring (bicyclic) bond motifs is 2. The molecule has 0 atom stereocenters. The molecule has 8 heteroatoms. The van der Waals surface area contributed by atoms with Gasteiger partial charge in [-0.15, -0.1) is 0 Å². The SMILES string of the molecule is COc1cc2c(cc1OC)CN(C(=O)Cn1cnc3ccc(Br)cc3c1=O)CC2. The molecule has 1 aliphatic rings. The molecule has 7 nitrogen and oxygen atoms in total. The summed E-state index contributed by atoms with van der Waals surface area (Å²) in [4.78, 5) is 31.7. The largest absolute Gasteiger partial charge is 0.493 e. The summed E-state index contributed by atoms with van der Waals surface area (Å²) in [6.07, 6.45) is 2.15. The van der Waals surface area contributed by atoms with Crippen molar-refractivity contribution in [1.29, 1.82) is 0 Å². The summed E-state index contributed by atoms with van der Waals surface area (Å²) >= 11 is 3.37. The van der Waals surface area contributed by atoms with Crippen molar-refractivity contribution < 1.29 is 14.3 Å². The quantitative estimate of drug-likeness (QED) is 0.602. The highest BCUT2D eigenvalue weighted by atomic mass is 79.9. The van der Waals surface area contributed by atoms with Gasteiger partial charge in [0.1, 0.15) is 6.54 Å². The van der Waals surface area contributed by atoms with E-state index < -0.39 is 0 Å². The van der Waals surface area contributed by atoms with Crippen LogP contribution in [0.15, 0.2) is 45.9 Å². The van der Waals surface area contributed by atoms with E-state index in [4.69, 9.17) is 9.47 Å². The second-order valence-corrected chi connectivity index (χ2v) is 7.80. The first-order valence-corrected chi connectivity index (χ1v) is 9.95. The zero-order chi connectivity index (χ0) is 20.5. The first-order chi connectivity index (χ1) is 14.0. The van der Waals surface area contributed by atoms with Gasteiger partial charge in [0.15, 0.2) is 11.5 Å². The monoisotopic (exact) mass is 457 g/mol. The smallest absolute Gasteiger partial charge is 0.261 e. The van der Waals surface area contributed by atoms with Gasteiger partial charge in [-0.25, -0.2) is 4.98 Å². The molecule has 0 saturated carbocycles. The number of carbonyl (C=O) groups is 1. The molecule has 2 heterocycles. The first-order valence-electron chi connectivity index (χ1n) is 9.16. The molecule has 3 aromatic rings. The van der Waals surface area contributed by atoms with Gasteiger partial charge in [0.2, 0.25) is 5.91 Å². The van der Waals surface area contributed by atoms with Crippen LogP contribution in [0, 0.1) is 0 Å². The number of ether oxygens (including phenoxy) is 2. The maximum absolute atomic E-state index is 12.9. The number of methoxy groups -OCH3 is 2. The third-order valence-electron chi connectivity index (χ3n) is 5.16. The van der Waals surface area contributed by atoms with Crippen molar-refractivity contribution in [2.75, 3.05) is 20.8 Å². The molecule has 150 valence electrons. The lowest BCUT2D eigenvalue weighted by atomic mass is 9.98. The number of benzene rings is 2. The van der Waals surface area contributed by atoms with E-state index in [-0.39, 0.29) is 18.0 Å². The van der Waals surface area contributed by atoms with Gasteiger partial charge in [-0.1, -0.05) is 15.9 Å². The molecular formula is C21H20BrN3O4. The Kier molecular flexibility index (Phi) is 5.27. The summed E-state index contributed by atoms with van der Waals surface area (Å²) in [5.41, 5.74) is 2.54. The number of hydrogen-bond acceptors (Lipinski definition) is 5. The van der Waals surface area contributed by atoms with Crippen molar-refractivity contribution in [2.24, 2.45) is 0 Å². The molecule has 2 aromatic carbocycles. The third-order valence-corrected chi connectivity index (χ3v) is 5.66. The molecule has 0 unspecified atom stereocenters. The van der Waals surface area contributed by atoms with Crippen LogP contribution in [0.3, 0.4) is 0 Å². The highest BCUT2D eigenvalue weighted by molar-refractivity contribution is 9.10. The number of carbonyl (C=O) groups excluding carboxylic acids is 1. The van der Waals surface area contributed by atoms with Crippen LogP contribution in [0.1, 0.15) is 11.1 Å². The van der Waals surface area contributed by atoms with Crippen molar-refractivity contribution >= 4 is 32.7 Å². The van der Waals surface area contributed by atoms with Crippen LogP contribution in [0.25, 0.3) is 10.9 Å². The van der Waals surface area contributed by atoms with E-state index in [9.17, 15) is 9.59 Å². The zero-order valence-corrected chi connectivity index (χ0v) is 17.7. The highest BCUT2D eigenvalue weighted by Crippen LogP contribution is 2.33. The Bertz CT molecular complexity index is 1160. The zero-order valence-electron chi connectivity index (χ0n) is 16.1. The maximum atomic E-state index is 12.9. The van der Waals surface area contributed by atoms with Crippen LogP contribution in [0.4, 0.5) is 0 Å². The number of aromatic nitrogens is 2. The molecule has 0 saturated heterocycles. The predicted octanol–water partition coefficient (Wildman–Crippen LogP) is 2.76. The third kappa shape index (κ3) is 3.72. The topological polar surface area (TPSA) is 73.7 Å². The highest BCUT2D eigenvalue weighted by Gasteiger charge is 2.23. The summed E-state index contributed by atoms with van der Waals surface area (Å²) < 4.78 is 12.9. The van der Waals surface area contributed by atoms with Gasteiger partial charge in [-0.2, -0.15) is 0 Å². The lowest BCUT2D eigenvalue weighted by molar-refractivity contribution is -0.132. The lowest BCUT2D eigenvalue weighted by Gasteiger charge is -2.29. The summed E-state index contributed by atoms with van der Waals surface area (Å²) in [7, 11) is 3.20. The normalized spacial score (nSPS) is 13.3. The van der Waals surface area contributed by atoms with Crippen molar-refractivity contribution in [3.8, 4) is 11.5 Å². The molecule has 1 aromatic heterocycles. The van der Waals surface area contributed by atoms with Gasteiger partial charge in [0, 0.05) is 17.6 Å². The van der Waals surface area contributed by atoms with Gasteiger partial charge >= 0.3 is 0 Å². The maximum Gasteiger partial charge on any atom is 0.261 e. The fourth-order valence-corrected chi connectivity index (χ4v) is 3.95. The Morgan fingerprint density at radius 1 is 1.14 bits per heavy atom. The fraction of sp³-hybridized carbons (Fsp3) is 0.286. The van der Waals surface area contributed by atoms with E-state index in [0.717, 1.165) is 22.0 Å². The molecule has 0 fully saturated rings. The van der Waals surface area contributed by atoms with Crippen molar-refractivity contribution in [3.05, 3.63) is 62.6 Å². The molecule has 0 spiro atoms. The second kappa shape index (κ2) is 7.87. The Morgan fingerprint density at radius 2 is 1.86 bits per heavy atom. The van der Waals surface area contributed by atoms with Crippen LogP contribution in [0.5, 0.6) is 11.5 Å².